The molecule has 0 unspecified atom stereocenters. The summed E-state index contributed by atoms with van der Waals surface area (Å²) in [5.41, 5.74) is 0.817. The van der Waals surface area contributed by atoms with E-state index >= 15 is 0 Å². The van der Waals surface area contributed by atoms with Crippen molar-refractivity contribution in [3.8, 4) is 0 Å². The van der Waals surface area contributed by atoms with E-state index in [0.717, 1.165) is 5.56 Å². The summed E-state index contributed by atoms with van der Waals surface area (Å²) in [5.74, 6) is -0.335. The molecule has 0 spiro atoms. The Labute approximate surface area is 129 Å². The summed E-state index contributed by atoms with van der Waals surface area (Å²) in [5, 5.41) is 0.617. The molecule has 1 aromatic rings. The lowest BCUT2D eigenvalue weighted by atomic mass is 9.97. The number of amides is 1. The number of likely N-dealkylation sites (tertiary alicyclic amines) is 1. The van der Waals surface area contributed by atoms with Gasteiger partial charge in [-0.2, -0.15) is 0 Å². The third-order valence-corrected chi connectivity index (χ3v) is 4.00. The predicted octanol–water partition coefficient (Wildman–Crippen LogP) is 2.76. The molecule has 1 aromatic carbocycles. The van der Waals surface area contributed by atoms with Gasteiger partial charge in [0.25, 0.3) is 0 Å². The standard InChI is InChI=1S/C16H18ClNO3/c1-21-16(20)13-8-10-18(11-9-13)15(19)7-6-12-4-2-3-5-14(12)17/h2-7,13H,8-11H2,1H3/b7-6+. The highest BCUT2D eigenvalue weighted by molar-refractivity contribution is 6.32. The first-order valence-electron chi connectivity index (χ1n) is 6.91. The lowest BCUT2D eigenvalue weighted by molar-refractivity contribution is -0.148. The fourth-order valence-electron chi connectivity index (χ4n) is 2.38. The molecule has 1 heterocycles. The first-order chi connectivity index (χ1) is 10.1. The number of carbonyl (C=O) groups excluding carboxylic acids is 2. The topological polar surface area (TPSA) is 46.6 Å². The Kier molecular flexibility index (Phi) is 5.39. The monoisotopic (exact) mass is 307 g/mol. The number of rotatable bonds is 3. The van der Waals surface area contributed by atoms with Crippen LogP contribution in [0.2, 0.25) is 5.02 Å². The quantitative estimate of drug-likeness (QED) is 0.637. The molecule has 0 aromatic heterocycles. The van der Waals surface area contributed by atoms with Gasteiger partial charge >= 0.3 is 5.97 Å². The largest absolute Gasteiger partial charge is 0.469 e. The first kappa shape index (κ1) is 15.6. The average molecular weight is 308 g/mol. The Hall–Kier alpha value is -1.81. The van der Waals surface area contributed by atoms with Gasteiger partial charge in [0.05, 0.1) is 13.0 Å². The van der Waals surface area contributed by atoms with Gasteiger partial charge in [-0.25, -0.2) is 0 Å². The molecule has 2 rings (SSSR count). The van der Waals surface area contributed by atoms with Gasteiger partial charge in [0.2, 0.25) is 5.91 Å². The summed E-state index contributed by atoms with van der Waals surface area (Å²) in [4.78, 5) is 25.3. The van der Waals surface area contributed by atoms with Crippen molar-refractivity contribution >= 4 is 29.6 Å². The second-order valence-corrected chi connectivity index (χ2v) is 5.38. The number of carbonyl (C=O) groups is 2. The molecule has 1 fully saturated rings. The van der Waals surface area contributed by atoms with Crippen LogP contribution in [-0.2, 0) is 14.3 Å². The van der Waals surface area contributed by atoms with Crippen molar-refractivity contribution in [3.63, 3.8) is 0 Å². The molecule has 0 N–H and O–H groups in total. The van der Waals surface area contributed by atoms with E-state index in [1.54, 1.807) is 17.0 Å². The number of halogens is 1. The third kappa shape index (κ3) is 4.08. The van der Waals surface area contributed by atoms with Crippen molar-refractivity contribution in [2.24, 2.45) is 5.92 Å². The van der Waals surface area contributed by atoms with Crippen LogP contribution < -0.4 is 0 Å². The average Bonchev–Trinajstić information content (AvgIpc) is 2.53. The Morgan fingerprint density at radius 1 is 1.29 bits per heavy atom. The molecule has 1 saturated heterocycles. The van der Waals surface area contributed by atoms with Gasteiger partial charge in [-0.3, -0.25) is 9.59 Å². The Balaban J connectivity index is 1.91. The molecular formula is C16H18ClNO3. The van der Waals surface area contributed by atoms with Crippen LogP contribution in [0.15, 0.2) is 30.3 Å². The molecule has 1 amide bonds. The fourth-order valence-corrected chi connectivity index (χ4v) is 2.58. The normalized spacial score (nSPS) is 16.2. The van der Waals surface area contributed by atoms with Gasteiger partial charge in [-0.15, -0.1) is 0 Å². The maximum Gasteiger partial charge on any atom is 0.308 e. The van der Waals surface area contributed by atoms with E-state index in [-0.39, 0.29) is 17.8 Å². The van der Waals surface area contributed by atoms with E-state index in [1.807, 2.05) is 18.2 Å². The van der Waals surface area contributed by atoms with Gasteiger partial charge in [-0.05, 0) is 30.5 Å². The van der Waals surface area contributed by atoms with Gasteiger partial charge in [-0.1, -0.05) is 29.8 Å². The number of nitrogens with zero attached hydrogens (tertiary/aromatic N) is 1. The molecule has 0 saturated carbocycles. The molecule has 0 aliphatic carbocycles. The Morgan fingerprint density at radius 2 is 1.95 bits per heavy atom. The van der Waals surface area contributed by atoms with Crippen molar-refractivity contribution in [2.45, 2.75) is 12.8 Å². The molecule has 0 bridgehead atoms. The van der Waals surface area contributed by atoms with Gasteiger partial charge in [0, 0.05) is 24.2 Å². The number of methoxy groups -OCH3 is 1. The van der Waals surface area contributed by atoms with Crippen LogP contribution in [0.3, 0.4) is 0 Å². The summed E-state index contributed by atoms with van der Waals surface area (Å²) in [6.07, 6.45) is 4.55. The molecule has 0 radical (unpaired) electrons. The summed E-state index contributed by atoms with van der Waals surface area (Å²) in [6, 6.07) is 7.36. The maximum absolute atomic E-state index is 12.1. The van der Waals surface area contributed by atoms with Crippen LogP contribution in [0.1, 0.15) is 18.4 Å². The Morgan fingerprint density at radius 3 is 2.57 bits per heavy atom. The van der Waals surface area contributed by atoms with Crippen LogP contribution in [0, 0.1) is 5.92 Å². The van der Waals surface area contributed by atoms with E-state index in [9.17, 15) is 9.59 Å². The van der Waals surface area contributed by atoms with E-state index in [4.69, 9.17) is 16.3 Å². The second kappa shape index (κ2) is 7.27. The lowest BCUT2D eigenvalue weighted by Crippen LogP contribution is -2.39. The van der Waals surface area contributed by atoms with Crippen molar-refractivity contribution in [3.05, 3.63) is 40.9 Å². The van der Waals surface area contributed by atoms with E-state index < -0.39 is 0 Å². The van der Waals surface area contributed by atoms with E-state index in [1.165, 1.54) is 13.2 Å². The summed E-state index contributed by atoms with van der Waals surface area (Å²) < 4.78 is 4.73. The Bertz CT molecular complexity index is 548. The number of hydrogen-bond acceptors (Lipinski definition) is 3. The number of hydrogen-bond donors (Lipinski definition) is 0. The van der Waals surface area contributed by atoms with E-state index in [0.29, 0.717) is 31.0 Å². The van der Waals surface area contributed by atoms with Crippen LogP contribution in [0.4, 0.5) is 0 Å². The third-order valence-electron chi connectivity index (χ3n) is 3.65. The van der Waals surface area contributed by atoms with Crippen LogP contribution in [-0.4, -0.2) is 37.0 Å². The number of ether oxygens (including phenoxy) is 1. The minimum Gasteiger partial charge on any atom is -0.469 e. The zero-order valence-corrected chi connectivity index (χ0v) is 12.7. The highest BCUT2D eigenvalue weighted by Gasteiger charge is 2.26. The fraction of sp³-hybridized carbons (Fsp3) is 0.375. The molecule has 5 heteroatoms. The molecule has 1 aliphatic rings. The number of esters is 1. The highest BCUT2D eigenvalue weighted by Crippen LogP contribution is 2.20. The summed E-state index contributed by atoms with van der Waals surface area (Å²) in [6.45, 7) is 1.15. The molecule has 21 heavy (non-hydrogen) atoms. The zero-order chi connectivity index (χ0) is 15.2. The van der Waals surface area contributed by atoms with Gasteiger partial charge in [0.15, 0.2) is 0 Å². The highest BCUT2D eigenvalue weighted by atomic mass is 35.5. The predicted molar refractivity (Wildman–Crippen MR) is 81.8 cm³/mol. The number of benzene rings is 1. The first-order valence-corrected chi connectivity index (χ1v) is 7.29. The minimum absolute atomic E-state index is 0.0572. The number of piperidine rings is 1. The van der Waals surface area contributed by atoms with Crippen molar-refractivity contribution in [1.29, 1.82) is 0 Å². The lowest BCUT2D eigenvalue weighted by Gasteiger charge is -2.29. The molecule has 112 valence electrons. The summed E-state index contributed by atoms with van der Waals surface area (Å²) >= 11 is 6.04. The maximum atomic E-state index is 12.1. The van der Waals surface area contributed by atoms with Crippen molar-refractivity contribution in [2.75, 3.05) is 20.2 Å². The van der Waals surface area contributed by atoms with Crippen molar-refractivity contribution in [1.82, 2.24) is 4.90 Å². The molecule has 1 aliphatic heterocycles. The molecule has 4 nitrogen and oxygen atoms in total. The van der Waals surface area contributed by atoms with Gasteiger partial charge < -0.3 is 9.64 Å². The van der Waals surface area contributed by atoms with Crippen LogP contribution >= 0.6 is 11.6 Å². The van der Waals surface area contributed by atoms with Gasteiger partial charge in [0.1, 0.15) is 0 Å². The SMILES string of the molecule is COC(=O)C1CCN(C(=O)/C=C/c2ccccc2Cl)CC1. The minimum atomic E-state index is -0.186. The zero-order valence-electron chi connectivity index (χ0n) is 11.9. The smallest absolute Gasteiger partial charge is 0.308 e. The molecular weight excluding hydrogens is 290 g/mol. The van der Waals surface area contributed by atoms with Crippen LogP contribution in [0.5, 0.6) is 0 Å². The van der Waals surface area contributed by atoms with E-state index in [2.05, 4.69) is 0 Å². The van der Waals surface area contributed by atoms with Crippen LogP contribution in [0.25, 0.3) is 6.08 Å². The summed E-state index contributed by atoms with van der Waals surface area (Å²) in [7, 11) is 1.40. The van der Waals surface area contributed by atoms with Crippen molar-refractivity contribution < 1.29 is 14.3 Å². The molecule has 0 atom stereocenters. The second-order valence-electron chi connectivity index (χ2n) is 4.98.